The predicted octanol–water partition coefficient (Wildman–Crippen LogP) is 2.75. The highest BCUT2D eigenvalue weighted by atomic mass is 16.5. The summed E-state index contributed by atoms with van der Waals surface area (Å²) in [4.78, 5) is 22.8. The molecule has 0 fully saturated rings. The van der Waals surface area contributed by atoms with Crippen LogP contribution in [0.4, 0.5) is 0 Å². The molecule has 0 amide bonds. The molecule has 3 heteroatoms. The minimum absolute atomic E-state index is 0.0949. The number of hydrogen-bond donors (Lipinski definition) is 0. The van der Waals surface area contributed by atoms with E-state index < -0.39 is 5.97 Å². The highest BCUT2D eigenvalue weighted by molar-refractivity contribution is 5.97. The molecular weight excluding hydrogens is 204 g/mol. The topological polar surface area (TPSA) is 43.4 Å². The molecule has 0 aliphatic rings. The van der Waals surface area contributed by atoms with E-state index in [1.54, 1.807) is 20.8 Å². The number of esters is 1. The Hall–Kier alpha value is -1.12. The molecule has 0 spiro atoms. The lowest BCUT2D eigenvalue weighted by molar-refractivity contribution is -0.149. The normalized spacial score (nSPS) is 13.4. The zero-order valence-electron chi connectivity index (χ0n) is 10.8. The van der Waals surface area contributed by atoms with Crippen LogP contribution in [-0.4, -0.2) is 17.9 Å². The summed E-state index contributed by atoms with van der Waals surface area (Å²) in [7, 11) is 0. The van der Waals surface area contributed by atoms with Crippen molar-refractivity contribution in [3.63, 3.8) is 0 Å². The summed E-state index contributed by atoms with van der Waals surface area (Å²) in [5, 5.41) is 0. The zero-order valence-corrected chi connectivity index (χ0v) is 10.8. The number of hydrogen-bond acceptors (Lipinski definition) is 3. The van der Waals surface area contributed by atoms with Crippen LogP contribution in [0.25, 0.3) is 0 Å². The molecule has 0 aliphatic carbocycles. The van der Waals surface area contributed by atoms with Crippen LogP contribution in [0.2, 0.25) is 0 Å². The number of allylic oxidation sites excluding steroid dienone is 2. The average molecular weight is 226 g/mol. The van der Waals surface area contributed by atoms with Gasteiger partial charge in [-0.1, -0.05) is 32.9 Å². The van der Waals surface area contributed by atoms with Gasteiger partial charge in [0, 0.05) is 5.92 Å². The molecule has 3 nitrogen and oxygen atoms in total. The summed E-state index contributed by atoms with van der Waals surface area (Å²) in [6.45, 7) is 9.42. The van der Waals surface area contributed by atoms with Crippen molar-refractivity contribution in [1.82, 2.24) is 0 Å². The number of ketones is 1. The monoisotopic (exact) mass is 226 g/mol. The standard InChI is InChI=1S/C13H22O3/c1-9(2)6-7-11(5)12(14)8-13(15)16-10(3)4/h6-7,9-11H,8H2,1-5H3/b7-6-/t11-/m0/s1. The summed E-state index contributed by atoms with van der Waals surface area (Å²) < 4.78 is 4.91. The van der Waals surface area contributed by atoms with Crippen LogP contribution in [0.1, 0.15) is 41.0 Å². The number of rotatable bonds is 6. The number of carbonyl (C=O) groups is 2. The van der Waals surface area contributed by atoms with E-state index in [1.807, 2.05) is 26.0 Å². The van der Waals surface area contributed by atoms with Gasteiger partial charge < -0.3 is 4.74 Å². The second-order valence-corrected chi connectivity index (χ2v) is 4.60. The molecule has 0 rings (SSSR count). The molecule has 0 heterocycles. The fourth-order valence-corrected chi connectivity index (χ4v) is 1.10. The number of carbonyl (C=O) groups excluding carboxylic acids is 2. The van der Waals surface area contributed by atoms with Crippen LogP contribution >= 0.6 is 0 Å². The van der Waals surface area contributed by atoms with Crippen LogP contribution in [0.3, 0.4) is 0 Å². The van der Waals surface area contributed by atoms with Gasteiger partial charge in [0.2, 0.25) is 0 Å². The van der Waals surface area contributed by atoms with Gasteiger partial charge in [-0.05, 0) is 19.8 Å². The van der Waals surface area contributed by atoms with Crippen LogP contribution in [0, 0.1) is 11.8 Å². The highest BCUT2D eigenvalue weighted by Gasteiger charge is 2.16. The van der Waals surface area contributed by atoms with E-state index in [4.69, 9.17) is 4.74 Å². The molecule has 16 heavy (non-hydrogen) atoms. The average Bonchev–Trinajstić information content (AvgIpc) is 2.12. The lowest BCUT2D eigenvalue weighted by Gasteiger charge is -2.09. The third-order valence-corrected chi connectivity index (χ3v) is 1.98. The first-order valence-corrected chi connectivity index (χ1v) is 5.73. The maximum Gasteiger partial charge on any atom is 0.313 e. The Morgan fingerprint density at radius 1 is 1.06 bits per heavy atom. The lowest BCUT2D eigenvalue weighted by atomic mass is 10.0. The van der Waals surface area contributed by atoms with Gasteiger partial charge >= 0.3 is 5.97 Å². The molecule has 0 aliphatic heterocycles. The van der Waals surface area contributed by atoms with E-state index in [0.717, 1.165) is 0 Å². The van der Waals surface area contributed by atoms with E-state index in [2.05, 4.69) is 0 Å². The highest BCUT2D eigenvalue weighted by Crippen LogP contribution is 2.07. The molecule has 0 radical (unpaired) electrons. The second-order valence-electron chi connectivity index (χ2n) is 4.60. The van der Waals surface area contributed by atoms with Gasteiger partial charge in [0.1, 0.15) is 6.42 Å². The molecule has 92 valence electrons. The molecule has 0 unspecified atom stereocenters. The zero-order chi connectivity index (χ0) is 12.7. The summed E-state index contributed by atoms with van der Waals surface area (Å²) in [5.41, 5.74) is 0. The minimum atomic E-state index is -0.440. The Bertz CT molecular complexity index is 264. The second kappa shape index (κ2) is 7.20. The predicted molar refractivity (Wildman–Crippen MR) is 64.0 cm³/mol. The van der Waals surface area contributed by atoms with Crippen molar-refractivity contribution in [3.05, 3.63) is 12.2 Å². The molecule has 0 aromatic rings. The van der Waals surface area contributed by atoms with Crippen LogP contribution < -0.4 is 0 Å². The van der Waals surface area contributed by atoms with Crippen molar-refractivity contribution in [2.75, 3.05) is 0 Å². The fourth-order valence-electron chi connectivity index (χ4n) is 1.10. The quantitative estimate of drug-likeness (QED) is 0.397. The fraction of sp³-hybridized carbons (Fsp3) is 0.692. The molecular formula is C13H22O3. The van der Waals surface area contributed by atoms with Crippen molar-refractivity contribution in [2.24, 2.45) is 11.8 Å². The van der Waals surface area contributed by atoms with Gasteiger partial charge in [-0.15, -0.1) is 0 Å². The first-order valence-electron chi connectivity index (χ1n) is 5.73. The molecule has 0 saturated heterocycles. The Balaban J connectivity index is 4.10. The Morgan fingerprint density at radius 3 is 2.06 bits per heavy atom. The summed E-state index contributed by atoms with van der Waals surface area (Å²) in [5.74, 6) is -0.340. The van der Waals surface area contributed by atoms with Crippen molar-refractivity contribution in [3.8, 4) is 0 Å². The Morgan fingerprint density at radius 2 is 1.62 bits per heavy atom. The van der Waals surface area contributed by atoms with Crippen molar-refractivity contribution >= 4 is 11.8 Å². The third kappa shape index (κ3) is 7.21. The van der Waals surface area contributed by atoms with E-state index in [9.17, 15) is 9.59 Å². The number of ether oxygens (including phenoxy) is 1. The van der Waals surface area contributed by atoms with Crippen molar-refractivity contribution < 1.29 is 14.3 Å². The first kappa shape index (κ1) is 14.9. The van der Waals surface area contributed by atoms with Crippen molar-refractivity contribution in [1.29, 1.82) is 0 Å². The lowest BCUT2D eigenvalue weighted by Crippen LogP contribution is -2.18. The number of Topliss-reactive ketones (excluding diaryl/α,β-unsaturated/α-hetero) is 1. The summed E-state index contributed by atoms with van der Waals surface area (Å²) in [6.07, 6.45) is 3.51. The molecule has 0 N–H and O–H groups in total. The van der Waals surface area contributed by atoms with Crippen LogP contribution in [0.15, 0.2) is 12.2 Å². The molecule has 0 bridgehead atoms. The van der Waals surface area contributed by atoms with Gasteiger partial charge in [-0.25, -0.2) is 0 Å². The summed E-state index contributed by atoms with van der Waals surface area (Å²) >= 11 is 0. The smallest absolute Gasteiger partial charge is 0.313 e. The van der Waals surface area contributed by atoms with Gasteiger partial charge in [0.25, 0.3) is 0 Å². The molecule has 1 atom stereocenters. The van der Waals surface area contributed by atoms with Gasteiger partial charge in [0.05, 0.1) is 6.10 Å². The molecule has 0 aromatic carbocycles. The maximum absolute atomic E-state index is 11.6. The third-order valence-electron chi connectivity index (χ3n) is 1.98. The Kier molecular flexibility index (Phi) is 6.70. The molecule has 0 saturated carbocycles. The van der Waals surface area contributed by atoms with Crippen LogP contribution in [0.5, 0.6) is 0 Å². The van der Waals surface area contributed by atoms with E-state index >= 15 is 0 Å². The minimum Gasteiger partial charge on any atom is -0.463 e. The van der Waals surface area contributed by atoms with Gasteiger partial charge in [0.15, 0.2) is 5.78 Å². The van der Waals surface area contributed by atoms with Crippen molar-refractivity contribution in [2.45, 2.75) is 47.1 Å². The SMILES string of the molecule is CC(C)/C=C\[C@H](C)C(=O)CC(=O)OC(C)C. The first-order chi connectivity index (χ1) is 7.32. The van der Waals surface area contributed by atoms with Gasteiger partial charge in [-0.3, -0.25) is 9.59 Å². The molecule has 0 aromatic heterocycles. The van der Waals surface area contributed by atoms with E-state index in [1.165, 1.54) is 0 Å². The maximum atomic E-state index is 11.6. The van der Waals surface area contributed by atoms with Gasteiger partial charge in [-0.2, -0.15) is 0 Å². The van der Waals surface area contributed by atoms with Crippen LogP contribution in [-0.2, 0) is 14.3 Å². The Labute approximate surface area is 97.9 Å². The van der Waals surface area contributed by atoms with E-state index in [-0.39, 0.29) is 24.2 Å². The van der Waals surface area contributed by atoms with E-state index in [0.29, 0.717) is 5.92 Å². The summed E-state index contributed by atoms with van der Waals surface area (Å²) in [6, 6.07) is 0. The largest absolute Gasteiger partial charge is 0.463 e.